The van der Waals surface area contributed by atoms with E-state index in [2.05, 4.69) is 16.5 Å². The molecule has 0 bridgehead atoms. The average Bonchev–Trinajstić information content (AvgIpc) is 2.96. The molecule has 0 unspecified atom stereocenters. The standard InChI is InChI=1S/C32H33ClN6O2/c1-7-22-11-9-10-12-23(22)28-25(33)17-24-30(38-16-15-37(18-21(38)6)26(40)8-2)36-32(41)39(31(24)35-28)29-20(5)13-14-34-27(29)19(3)4/h7-14,17,19,21H,1-2,15-16,18H2,3-6H3/t21-/m0/s1/i1D2,21D. The summed E-state index contributed by atoms with van der Waals surface area (Å²) in [6, 6.07) is 9.36. The van der Waals surface area contributed by atoms with Crippen LogP contribution >= 0.6 is 11.6 Å². The minimum atomic E-state index is -1.33. The van der Waals surface area contributed by atoms with Crippen LogP contribution in [0.3, 0.4) is 0 Å². The summed E-state index contributed by atoms with van der Waals surface area (Å²) in [5.74, 6) is -0.0512. The number of aromatic nitrogens is 4. The monoisotopic (exact) mass is 571 g/mol. The highest BCUT2D eigenvalue weighted by Crippen LogP contribution is 2.36. The molecule has 5 rings (SSSR count). The Balaban J connectivity index is 1.86. The smallest absolute Gasteiger partial charge is 0.350 e. The van der Waals surface area contributed by atoms with Crippen molar-refractivity contribution in [1.82, 2.24) is 24.4 Å². The van der Waals surface area contributed by atoms with Gasteiger partial charge < -0.3 is 9.80 Å². The predicted molar refractivity (Wildman–Crippen MR) is 166 cm³/mol. The molecule has 1 aliphatic rings. The summed E-state index contributed by atoms with van der Waals surface area (Å²) in [6.45, 7) is 11.4. The van der Waals surface area contributed by atoms with Gasteiger partial charge in [-0.2, -0.15) is 4.98 Å². The molecular weight excluding hydrogens is 536 g/mol. The van der Waals surface area contributed by atoms with Gasteiger partial charge in [0.15, 0.2) is 5.65 Å². The van der Waals surface area contributed by atoms with Crippen LogP contribution < -0.4 is 10.6 Å². The van der Waals surface area contributed by atoms with Gasteiger partial charge in [-0.25, -0.2) is 14.3 Å². The van der Waals surface area contributed by atoms with E-state index in [9.17, 15) is 11.0 Å². The summed E-state index contributed by atoms with van der Waals surface area (Å²) in [7, 11) is 0. The summed E-state index contributed by atoms with van der Waals surface area (Å²) in [4.78, 5) is 43.9. The highest BCUT2D eigenvalue weighted by molar-refractivity contribution is 6.34. The first-order valence-electron chi connectivity index (χ1n) is 14.9. The van der Waals surface area contributed by atoms with Gasteiger partial charge in [0.1, 0.15) is 5.82 Å². The zero-order chi connectivity index (χ0) is 31.9. The van der Waals surface area contributed by atoms with Crippen LogP contribution in [0.2, 0.25) is 5.02 Å². The summed E-state index contributed by atoms with van der Waals surface area (Å²) in [5.41, 5.74) is 3.26. The Hall–Kier alpha value is -4.30. The average molecular weight is 572 g/mol. The number of nitrogens with zero attached hydrogens (tertiary/aromatic N) is 6. The molecule has 8 nitrogen and oxygen atoms in total. The first-order chi connectivity index (χ1) is 20.8. The molecule has 1 atom stereocenters. The minimum absolute atomic E-state index is 0.0244. The van der Waals surface area contributed by atoms with Gasteiger partial charge in [0.25, 0.3) is 0 Å². The number of amides is 1. The van der Waals surface area contributed by atoms with Crippen molar-refractivity contribution in [3.63, 3.8) is 0 Å². The number of carbonyl (C=O) groups is 1. The van der Waals surface area contributed by atoms with Crippen LogP contribution in [-0.4, -0.2) is 56.0 Å². The largest absolute Gasteiger partial charge is 0.355 e. The Labute approximate surface area is 248 Å². The molecule has 4 aromatic rings. The van der Waals surface area contributed by atoms with E-state index < -0.39 is 11.7 Å². The number of aryl methyl sites for hydroxylation is 1. The van der Waals surface area contributed by atoms with Crippen LogP contribution in [0.1, 0.15) is 47.6 Å². The number of fused-ring (bicyclic) bond motifs is 1. The van der Waals surface area contributed by atoms with Crippen LogP contribution in [0.4, 0.5) is 5.82 Å². The molecule has 1 saturated heterocycles. The molecule has 9 heteroatoms. The molecule has 1 aromatic carbocycles. The third-order valence-electron chi connectivity index (χ3n) is 7.31. The lowest BCUT2D eigenvalue weighted by Gasteiger charge is -2.40. The Morgan fingerprint density at radius 2 is 2.02 bits per heavy atom. The summed E-state index contributed by atoms with van der Waals surface area (Å²) >= 11 is 6.93. The molecular formula is C32H33ClN6O2. The number of pyridine rings is 2. The Kier molecular flexibility index (Phi) is 6.75. The van der Waals surface area contributed by atoms with E-state index in [1.54, 1.807) is 47.2 Å². The SMILES string of the molecule is [2H]C([2H])=Cc1ccccc1-c1nc2c(cc1Cl)c(N1CCN(C(=O)C=C)C[C@]1([2H])C)nc(=O)n2-c1c(C)ccnc1C(C)C. The van der Waals surface area contributed by atoms with Crippen LogP contribution in [0, 0.1) is 6.92 Å². The Bertz CT molecular complexity index is 1880. The Morgan fingerprint density at radius 1 is 1.24 bits per heavy atom. The van der Waals surface area contributed by atoms with Gasteiger partial charge in [0, 0.05) is 37.4 Å². The van der Waals surface area contributed by atoms with E-state index in [1.807, 2.05) is 32.9 Å². The van der Waals surface area contributed by atoms with Crippen LogP contribution in [-0.2, 0) is 4.79 Å². The van der Waals surface area contributed by atoms with Gasteiger partial charge in [-0.3, -0.25) is 9.78 Å². The maximum Gasteiger partial charge on any atom is 0.355 e. The molecule has 210 valence electrons. The lowest BCUT2D eigenvalue weighted by Crippen LogP contribution is -2.54. The number of benzene rings is 1. The van der Waals surface area contributed by atoms with Crippen molar-refractivity contribution < 1.29 is 8.91 Å². The quantitative estimate of drug-likeness (QED) is 0.272. The van der Waals surface area contributed by atoms with Crippen molar-refractivity contribution in [3.05, 3.63) is 94.1 Å². The molecule has 1 aliphatic heterocycles. The normalized spacial score (nSPS) is 18.1. The van der Waals surface area contributed by atoms with E-state index in [-0.39, 0.29) is 47.9 Å². The van der Waals surface area contributed by atoms with Gasteiger partial charge in [-0.15, -0.1) is 0 Å². The van der Waals surface area contributed by atoms with Crippen molar-refractivity contribution in [3.8, 4) is 16.9 Å². The zero-order valence-corrected chi connectivity index (χ0v) is 24.2. The number of carbonyl (C=O) groups excluding carboxylic acids is 1. The maximum absolute atomic E-state index is 14.1. The second-order valence-corrected chi connectivity index (χ2v) is 10.7. The molecule has 41 heavy (non-hydrogen) atoms. The van der Waals surface area contributed by atoms with Crippen molar-refractivity contribution in [1.29, 1.82) is 0 Å². The highest BCUT2D eigenvalue weighted by Gasteiger charge is 2.30. The Morgan fingerprint density at radius 3 is 2.73 bits per heavy atom. The second-order valence-electron chi connectivity index (χ2n) is 10.3. The third kappa shape index (κ3) is 5.04. The van der Waals surface area contributed by atoms with Crippen molar-refractivity contribution in [2.45, 2.75) is 39.6 Å². The fourth-order valence-electron chi connectivity index (χ4n) is 5.28. The molecule has 0 spiro atoms. The molecule has 0 radical (unpaired) electrons. The number of hydrogen-bond donors (Lipinski definition) is 0. The van der Waals surface area contributed by atoms with E-state index in [1.165, 1.54) is 16.7 Å². The molecule has 0 N–H and O–H groups in total. The van der Waals surface area contributed by atoms with E-state index in [0.717, 1.165) is 5.56 Å². The van der Waals surface area contributed by atoms with Gasteiger partial charge in [-0.1, -0.05) is 68.9 Å². The maximum atomic E-state index is 14.1. The fourth-order valence-corrected chi connectivity index (χ4v) is 5.53. The van der Waals surface area contributed by atoms with E-state index in [0.29, 0.717) is 40.1 Å². The number of hydrogen-bond acceptors (Lipinski definition) is 6. The highest BCUT2D eigenvalue weighted by atomic mass is 35.5. The van der Waals surface area contributed by atoms with E-state index >= 15 is 0 Å². The van der Waals surface area contributed by atoms with Gasteiger partial charge in [0.05, 0.1) is 31.6 Å². The lowest BCUT2D eigenvalue weighted by atomic mass is 10.0. The van der Waals surface area contributed by atoms with Crippen LogP contribution in [0.15, 0.2) is 66.6 Å². The van der Waals surface area contributed by atoms with Crippen LogP contribution in [0.25, 0.3) is 34.1 Å². The lowest BCUT2D eigenvalue weighted by molar-refractivity contribution is -0.126. The summed E-state index contributed by atoms with van der Waals surface area (Å²) < 4.78 is 26.1. The molecule has 4 heterocycles. The first kappa shape index (κ1) is 24.5. The van der Waals surface area contributed by atoms with Gasteiger partial charge >= 0.3 is 5.69 Å². The van der Waals surface area contributed by atoms with E-state index in [4.69, 9.17) is 19.3 Å². The third-order valence-corrected chi connectivity index (χ3v) is 7.60. The summed E-state index contributed by atoms with van der Waals surface area (Å²) in [6.07, 6.45) is 4.34. The molecule has 0 aliphatic carbocycles. The second kappa shape index (κ2) is 11.3. The molecule has 1 fully saturated rings. The zero-order valence-electron chi connectivity index (χ0n) is 26.5. The number of piperazine rings is 1. The van der Waals surface area contributed by atoms with Crippen LogP contribution in [0.5, 0.6) is 0 Å². The van der Waals surface area contributed by atoms with Crippen molar-refractivity contribution in [2.75, 3.05) is 24.5 Å². The minimum Gasteiger partial charge on any atom is -0.350 e. The predicted octanol–water partition coefficient (Wildman–Crippen LogP) is 5.79. The topological polar surface area (TPSA) is 84.2 Å². The summed E-state index contributed by atoms with van der Waals surface area (Å²) in [5, 5.41) is 0.718. The number of anilines is 1. The molecule has 3 aromatic heterocycles. The number of rotatable bonds is 6. The first-order valence-corrected chi connectivity index (χ1v) is 13.7. The van der Waals surface area contributed by atoms with Crippen molar-refractivity contribution in [2.24, 2.45) is 0 Å². The number of halogens is 1. The van der Waals surface area contributed by atoms with Gasteiger partial charge in [0.2, 0.25) is 5.91 Å². The van der Waals surface area contributed by atoms with Gasteiger partial charge in [-0.05, 0) is 49.1 Å². The fraction of sp³-hybridized carbons (Fsp3) is 0.281. The van der Waals surface area contributed by atoms with Crippen molar-refractivity contribution >= 4 is 40.4 Å². The molecule has 0 saturated carbocycles. The molecule has 1 amide bonds.